The molecule has 1 heterocycles. The first-order chi connectivity index (χ1) is 13.0. The van der Waals surface area contributed by atoms with Crippen molar-refractivity contribution in [3.8, 4) is 0 Å². The van der Waals surface area contributed by atoms with Crippen molar-refractivity contribution in [1.29, 1.82) is 0 Å². The fourth-order valence-corrected chi connectivity index (χ4v) is 4.30. The second-order valence-corrected chi connectivity index (χ2v) is 7.15. The number of halogens is 1. The number of hydrogen-bond acceptors (Lipinski definition) is 5. The molecule has 1 N–H and O–H groups in total. The number of anilines is 1. The van der Waals surface area contributed by atoms with Crippen molar-refractivity contribution in [2.45, 2.75) is 18.4 Å². The number of non-ortho nitro benzene ring substituents is 1. The Morgan fingerprint density at radius 3 is 2.70 bits per heavy atom. The average molecular weight is 385 g/mol. The van der Waals surface area contributed by atoms with Gasteiger partial charge in [-0.05, 0) is 35.6 Å². The number of esters is 1. The number of nitrogens with zero attached hydrogens (tertiary/aromatic N) is 1. The van der Waals surface area contributed by atoms with Crippen molar-refractivity contribution in [2.24, 2.45) is 5.92 Å². The lowest BCUT2D eigenvalue weighted by Gasteiger charge is -2.37. The molecule has 0 fully saturated rings. The summed E-state index contributed by atoms with van der Waals surface area (Å²) >= 11 is 6.37. The molecule has 0 radical (unpaired) electrons. The number of rotatable bonds is 3. The molecule has 2 aliphatic rings. The summed E-state index contributed by atoms with van der Waals surface area (Å²) in [5.41, 5.74) is 3.11. The number of nitro groups is 1. The van der Waals surface area contributed by atoms with Crippen LogP contribution in [0.1, 0.15) is 39.9 Å². The lowest BCUT2D eigenvalue weighted by molar-refractivity contribution is -0.384. The summed E-state index contributed by atoms with van der Waals surface area (Å²) in [4.78, 5) is 22.4. The topological polar surface area (TPSA) is 81.5 Å². The van der Waals surface area contributed by atoms with Crippen molar-refractivity contribution >= 4 is 28.9 Å². The van der Waals surface area contributed by atoms with Gasteiger partial charge < -0.3 is 10.1 Å². The highest BCUT2D eigenvalue weighted by atomic mass is 35.5. The van der Waals surface area contributed by atoms with Gasteiger partial charge in [-0.3, -0.25) is 10.1 Å². The van der Waals surface area contributed by atoms with E-state index in [1.807, 2.05) is 12.1 Å². The summed E-state index contributed by atoms with van der Waals surface area (Å²) in [5, 5.41) is 15.0. The largest absolute Gasteiger partial charge is 0.465 e. The van der Waals surface area contributed by atoms with E-state index in [9.17, 15) is 14.9 Å². The predicted octanol–water partition coefficient (Wildman–Crippen LogP) is 4.86. The van der Waals surface area contributed by atoms with Crippen LogP contribution in [-0.4, -0.2) is 18.0 Å². The normalized spacial score (nSPS) is 22.5. The Hall–Kier alpha value is -2.86. The van der Waals surface area contributed by atoms with Gasteiger partial charge in [-0.1, -0.05) is 35.9 Å². The van der Waals surface area contributed by atoms with Crippen LogP contribution >= 0.6 is 11.6 Å². The molecule has 0 saturated heterocycles. The Kier molecular flexibility index (Phi) is 4.36. The fraction of sp³-hybridized carbons (Fsp3) is 0.250. The van der Waals surface area contributed by atoms with E-state index >= 15 is 0 Å². The molecule has 0 unspecified atom stereocenters. The molecule has 4 rings (SSSR count). The van der Waals surface area contributed by atoms with Gasteiger partial charge in [-0.2, -0.15) is 0 Å². The number of benzene rings is 2. The van der Waals surface area contributed by atoms with Crippen LogP contribution < -0.4 is 5.32 Å². The molecular formula is C20H17ClN2O4. The number of methoxy groups -OCH3 is 1. The third-order valence-corrected chi connectivity index (χ3v) is 5.61. The van der Waals surface area contributed by atoms with Crippen LogP contribution in [0.3, 0.4) is 0 Å². The van der Waals surface area contributed by atoms with Gasteiger partial charge in [0.25, 0.3) is 5.69 Å². The SMILES string of the molecule is COC(=O)c1ccc([C@@H]2Nc3c(Cl)cc([N+](=O)[O-])cc3[C@@H]3C=CC[C@H]32)cc1. The maximum Gasteiger partial charge on any atom is 0.337 e. The molecule has 2 aromatic carbocycles. The Morgan fingerprint density at radius 1 is 1.30 bits per heavy atom. The van der Waals surface area contributed by atoms with Crippen molar-refractivity contribution in [3.05, 3.63) is 80.4 Å². The number of nitrogens with one attached hydrogen (secondary N) is 1. The van der Waals surface area contributed by atoms with E-state index in [0.717, 1.165) is 23.2 Å². The Morgan fingerprint density at radius 2 is 2.04 bits per heavy atom. The molecular weight excluding hydrogens is 368 g/mol. The number of carbonyl (C=O) groups excluding carboxylic acids is 1. The molecule has 2 aromatic rings. The van der Waals surface area contributed by atoms with Crippen LogP contribution in [0.5, 0.6) is 0 Å². The zero-order valence-corrected chi connectivity index (χ0v) is 15.3. The van der Waals surface area contributed by atoms with Crippen molar-refractivity contribution in [2.75, 3.05) is 12.4 Å². The maximum absolute atomic E-state index is 11.7. The van der Waals surface area contributed by atoms with Gasteiger partial charge >= 0.3 is 5.97 Å². The number of nitro benzene ring substituents is 1. The highest BCUT2D eigenvalue weighted by Gasteiger charge is 2.39. The molecule has 3 atom stereocenters. The summed E-state index contributed by atoms with van der Waals surface area (Å²) in [6.45, 7) is 0. The number of ether oxygens (including phenoxy) is 1. The quantitative estimate of drug-likeness (QED) is 0.353. The van der Waals surface area contributed by atoms with E-state index in [2.05, 4.69) is 17.5 Å². The smallest absolute Gasteiger partial charge is 0.337 e. The molecule has 0 amide bonds. The van der Waals surface area contributed by atoms with Gasteiger partial charge in [0.05, 0.1) is 34.3 Å². The molecule has 27 heavy (non-hydrogen) atoms. The zero-order valence-electron chi connectivity index (χ0n) is 14.5. The van der Waals surface area contributed by atoms with Crippen LogP contribution in [0.2, 0.25) is 5.02 Å². The summed E-state index contributed by atoms with van der Waals surface area (Å²) in [5.74, 6) is -0.0947. The van der Waals surface area contributed by atoms with Crippen molar-refractivity contribution < 1.29 is 14.5 Å². The predicted molar refractivity (Wildman–Crippen MR) is 102 cm³/mol. The third kappa shape index (κ3) is 2.96. The van der Waals surface area contributed by atoms with Crippen molar-refractivity contribution in [3.63, 3.8) is 0 Å². The highest BCUT2D eigenvalue weighted by molar-refractivity contribution is 6.33. The molecule has 0 saturated carbocycles. The number of carbonyl (C=O) groups is 1. The van der Waals surface area contributed by atoms with Gasteiger partial charge in [0, 0.05) is 18.1 Å². The monoisotopic (exact) mass is 384 g/mol. The highest BCUT2D eigenvalue weighted by Crippen LogP contribution is 2.52. The van der Waals surface area contributed by atoms with Crippen molar-refractivity contribution in [1.82, 2.24) is 0 Å². The van der Waals surface area contributed by atoms with Crippen LogP contribution in [0.25, 0.3) is 0 Å². The molecule has 138 valence electrons. The first kappa shape index (κ1) is 17.5. The van der Waals surface area contributed by atoms with Gasteiger partial charge in [-0.25, -0.2) is 4.79 Å². The summed E-state index contributed by atoms with van der Waals surface area (Å²) in [6.07, 6.45) is 5.07. The first-order valence-corrected chi connectivity index (χ1v) is 8.96. The van der Waals surface area contributed by atoms with Gasteiger partial charge in [0.1, 0.15) is 0 Å². The maximum atomic E-state index is 11.7. The number of hydrogen-bond donors (Lipinski definition) is 1. The number of allylic oxidation sites excluding steroid dienone is 2. The molecule has 0 bridgehead atoms. The minimum atomic E-state index is -0.419. The lowest BCUT2D eigenvalue weighted by Crippen LogP contribution is -2.29. The van der Waals surface area contributed by atoms with E-state index < -0.39 is 4.92 Å². The second-order valence-electron chi connectivity index (χ2n) is 6.74. The molecule has 0 aromatic heterocycles. The third-order valence-electron chi connectivity index (χ3n) is 5.31. The van der Waals surface area contributed by atoms with Gasteiger partial charge in [0.15, 0.2) is 0 Å². The summed E-state index contributed by atoms with van der Waals surface area (Å²) in [6, 6.07) is 10.3. The van der Waals surface area contributed by atoms with Crippen LogP contribution in [0.4, 0.5) is 11.4 Å². The average Bonchev–Trinajstić information content (AvgIpc) is 3.17. The molecule has 0 spiro atoms. The minimum Gasteiger partial charge on any atom is -0.465 e. The van der Waals surface area contributed by atoms with Crippen LogP contribution in [0.15, 0.2) is 48.6 Å². The van der Waals surface area contributed by atoms with Gasteiger partial charge in [-0.15, -0.1) is 0 Å². The standard InChI is InChI=1S/C20H17ClN2O4/c1-27-20(24)12-7-5-11(6-8-12)18-15-4-2-3-14(15)16-9-13(23(25)26)10-17(21)19(16)22-18/h2-3,5-10,14-15,18,22H,4H2,1H3/t14-,15-,18+/m1/s1. The summed E-state index contributed by atoms with van der Waals surface area (Å²) < 4.78 is 4.75. The minimum absolute atomic E-state index is 0.000445. The Balaban J connectivity index is 1.74. The molecule has 1 aliphatic carbocycles. The Bertz CT molecular complexity index is 955. The Labute approximate surface area is 160 Å². The fourth-order valence-electron chi connectivity index (χ4n) is 4.02. The molecule has 6 nitrogen and oxygen atoms in total. The van der Waals surface area contributed by atoms with E-state index in [1.165, 1.54) is 13.2 Å². The molecule has 7 heteroatoms. The van der Waals surface area contributed by atoms with Crippen LogP contribution in [0, 0.1) is 16.0 Å². The summed E-state index contributed by atoms with van der Waals surface area (Å²) in [7, 11) is 1.35. The first-order valence-electron chi connectivity index (χ1n) is 8.59. The van der Waals surface area contributed by atoms with Gasteiger partial charge in [0.2, 0.25) is 0 Å². The zero-order chi connectivity index (χ0) is 19.1. The van der Waals surface area contributed by atoms with E-state index in [1.54, 1.807) is 18.2 Å². The molecule has 1 aliphatic heterocycles. The lowest BCUT2D eigenvalue weighted by atomic mass is 9.77. The van der Waals surface area contributed by atoms with E-state index in [0.29, 0.717) is 10.6 Å². The van der Waals surface area contributed by atoms with E-state index in [4.69, 9.17) is 16.3 Å². The number of fused-ring (bicyclic) bond motifs is 3. The van der Waals surface area contributed by atoms with E-state index in [-0.39, 0.29) is 29.5 Å². The van der Waals surface area contributed by atoms with Crippen LogP contribution in [-0.2, 0) is 4.74 Å². The second kappa shape index (κ2) is 6.70.